The maximum atomic E-state index is 11.7. The Morgan fingerprint density at radius 3 is 2.79 bits per heavy atom. The maximum Gasteiger partial charge on any atom is 0.329 e. The third-order valence-corrected chi connectivity index (χ3v) is 3.42. The molecule has 0 aromatic carbocycles. The molecule has 0 radical (unpaired) electrons. The van der Waals surface area contributed by atoms with E-state index in [1.54, 1.807) is 7.05 Å². The van der Waals surface area contributed by atoms with Crippen LogP contribution in [0.2, 0.25) is 0 Å². The van der Waals surface area contributed by atoms with Gasteiger partial charge in [0.05, 0.1) is 13.2 Å². The fraction of sp³-hybridized carbons (Fsp3) is 0.545. The summed E-state index contributed by atoms with van der Waals surface area (Å²) in [5.74, 6) is 0.721. The summed E-state index contributed by atoms with van der Waals surface area (Å²) in [5.41, 5.74) is -0.121. The lowest BCUT2D eigenvalue weighted by Crippen LogP contribution is -3.12. The number of fused-ring (bicyclic) bond motifs is 1. The number of hydrogen-bond acceptors (Lipinski definition) is 4. The van der Waals surface area contributed by atoms with E-state index in [-0.39, 0.29) is 0 Å². The average Bonchev–Trinajstić information content (AvgIpc) is 2.82. The van der Waals surface area contributed by atoms with E-state index in [1.807, 2.05) is 0 Å². The first-order chi connectivity index (χ1) is 9.15. The molecular formula is C11H16N5O3+. The minimum atomic E-state index is -0.450. The molecule has 0 atom stereocenters. The van der Waals surface area contributed by atoms with Crippen LogP contribution in [0.4, 0.5) is 0 Å². The second kappa shape index (κ2) is 4.63. The van der Waals surface area contributed by atoms with Gasteiger partial charge >= 0.3 is 5.69 Å². The standard InChI is InChI=1S/C11H15N5O3/c1-15-9-8(10(17)14-11(15)18)12-7(13-9)6-16-2-4-19-5-3-16/h2-6H2,1H3,(H,12,13)(H,14,17,18)/p+1. The smallest absolute Gasteiger partial charge is 0.329 e. The van der Waals surface area contributed by atoms with Crippen molar-refractivity contribution in [2.45, 2.75) is 6.54 Å². The number of nitrogens with zero attached hydrogens (tertiary/aromatic N) is 2. The SMILES string of the molecule is Cn1c(=O)[nH]c(=O)c2[nH]c(C[NH+]3CCOCC3)nc21. The van der Waals surface area contributed by atoms with Crippen LogP contribution in [-0.4, -0.2) is 45.8 Å². The van der Waals surface area contributed by atoms with Crippen molar-refractivity contribution in [3.63, 3.8) is 0 Å². The number of quaternary nitrogens is 1. The second-order valence-electron chi connectivity index (χ2n) is 4.74. The van der Waals surface area contributed by atoms with Crippen molar-refractivity contribution in [3.05, 3.63) is 26.7 Å². The van der Waals surface area contributed by atoms with E-state index in [2.05, 4.69) is 15.0 Å². The number of rotatable bonds is 2. The molecule has 1 aliphatic heterocycles. The molecule has 3 rings (SSSR count). The summed E-state index contributed by atoms with van der Waals surface area (Å²) in [6.07, 6.45) is 0. The molecule has 8 heteroatoms. The van der Waals surface area contributed by atoms with Crippen LogP contribution in [0.15, 0.2) is 9.59 Å². The zero-order valence-electron chi connectivity index (χ0n) is 10.7. The molecule has 102 valence electrons. The fourth-order valence-electron chi connectivity index (χ4n) is 2.31. The molecule has 19 heavy (non-hydrogen) atoms. The van der Waals surface area contributed by atoms with Crippen molar-refractivity contribution < 1.29 is 9.64 Å². The minimum Gasteiger partial charge on any atom is -0.370 e. The van der Waals surface area contributed by atoms with Gasteiger partial charge < -0.3 is 14.6 Å². The van der Waals surface area contributed by atoms with E-state index in [1.165, 1.54) is 9.47 Å². The largest absolute Gasteiger partial charge is 0.370 e. The minimum absolute atomic E-state index is 0.352. The first-order valence-electron chi connectivity index (χ1n) is 6.24. The van der Waals surface area contributed by atoms with Crippen molar-refractivity contribution in [1.82, 2.24) is 19.5 Å². The maximum absolute atomic E-state index is 11.7. The van der Waals surface area contributed by atoms with Crippen molar-refractivity contribution in [1.29, 1.82) is 0 Å². The molecule has 0 saturated carbocycles. The number of ether oxygens (including phenoxy) is 1. The molecule has 8 nitrogen and oxygen atoms in total. The van der Waals surface area contributed by atoms with Crippen molar-refractivity contribution >= 4 is 11.2 Å². The van der Waals surface area contributed by atoms with Gasteiger partial charge in [0, 0.05) is 7.05 Å². The lowest BCUT2D eigenvalue weighted by atomic mass is 10.4. The number of aromatic nitrogens is 4. The summed E-state index contributed by atoms with van der Waals surface area (Å²) in [7, 11) is 1.59. The summed E-state index contributed by atoms with van der Waals surface area (Å²) in [4.78, 5) is 34.1. The van der Waals surface area contributed by atoms with Gasteiger partial charge in [-0.3, -0.25) is 14.3 Å². The van der Waals surface area contributed by atoms with Crippen LogP contribution in [0, 0.1) is 0 Å². The molecule has 3 N–H and O–H groups in total. The molecule has 0 spiro atoms. The topological polar surface area (TPSA) is 97.2 Å². The van der Waals surface area contributed by atoms with Gasteiger partial charge in [-0.15, -0.1) is 0 Å². The number of H-pyrrole nitrogens is 2. The lowest BCUT2D eigenvalue weighted by molar-refractivity contribution is -0.922. The van der Waals surface area contributed by atoms with E-state index in [0.717, 1.165) is 32.1 Å². The predicted molar refractivity (Wildman–Crippen MR) is 67.2 cm³/mol. The Labute approximate surface area is 108 Å². The Hall–Kier alpha value is -1.93. The molecule has 2 aromatic heterocycles. The Kier molecular flexibility index (Phi) is 2.96. The zero-order chi connectivity index (χ0) is 13.4. The number of aryl methyl sites for hydroxylation is 1. The predicted octanol–water partition coefficient (Wildman–Crippen LogP) is -2.63. The summed E-state index contributed by atoms with van der Waals surface area (Å²) in [6.45, 7) is 4.04. The lowest BCUT2D eigenvalue weighted by Gasteiger charge is -2.22. The van der Waals surface area contributed by atoms with Crippen LogP contribution in [0.25, 0.3) is 11.2 Å². The van der Waals surface area contributed by atoms with Crippen molar-refractivity contribution in [3.8, 4) is 0 Å². The van der Waals surface area contributed by atoms with Gasteiger partial charge in [-0.05, 0) is 0 Å². The monoisotopic (exact) mass is 266 g/mol. The third kappa shape index (κ3) is 2.20. The van der Waals surface area contributed by atoms with Gasteiger partial charge in [0.25, 0.3) is 5.56 Å². The van der Waals surface area contributed by atoms with Gasteiger partial charge in [0.1, 0.15) is 25.2 Å². The van der Waals surface area contributed by atoms with Crippen LogP contribution >= 0.6 is 0 Å². The normalized spacial score (nSPS) is 17.1. The zero-order valence-corrected chi connectivity index (χ0v) is 10.7. The van der Waals surface area contributed by atoms with Crippen LogP contribution in [0.5, 0.6) is 0 Å². The molecule has 0 bridgehead atoms. The molecule has 0 aliphatic carbocycles. The summed E-state index contributed by atoms with van der Waals surface area (Å²) in [6, 6.07) is 0. The van der Waals surface area contributed by atoms with Gasteiger partial charge in [0.15, 0.2) is 11.5 Å². The first kappa shape index (κ1) is 12.1. The summed E-state index contributed by atoms with van der Waals surface area (Å²) < 4.78 is 6.64. The van der Waals surface area contributed by atoms with Crippen LogP contribution in [0.1, 0.15) is 5.82 Å². The number of nitrogens with one attached hydrogen (secondary N) is 3. The average molecular weight is 266 g/mol. The number of hydrogen-bond donors (Lipinski definition) is 3. The Bertz CT molecular complexity index is 707. The van der Waals surface area contributed by atoms with Crippen LogP contribution < -0.4 is 16.1 Å². The molecule has 2 aromatic rings. The molecule has 0 amide bonds. The molecule has 1 fully saturated rings. The van der Waals surface area contributed by atoms with Crippen LogP contribution in [-0.2, 0) is 18.3 Å². The highest BCUT2D eigenvalue weighted by molar-refractivity contribution is 5.69. The third-order valence-electron chi connectivity index (χ3n) is 3.42. The molecule has 1 aliphatic rings. The van der Waals surface area contributed by atoms with Gasteiger partial charge in [-0.2, -0.15) is 0 Å². The highest BCUT2D eigenvalue weighted by atomic mass is 16.5. The second-order valence-corrected chi connectivity index (χ2v) is 4.74. The fourth-order valence-corrected chi connectivity index (χ4v) is 2.31. The van der Waals surface area contributed by atoms with Crippen molar-refractivity contribution in [2.75, 3.05) is 26.3 Å². The van der Waals surface area contributed by atoms with Gasteiger partial charge in [-0.1, -0.05) is 0 Å². The highest BCUT2D eigenvalue weighted by Crippen LogP contribution is 2.02. The van der Waals surface area contributed by atoms with E-state index >= 15 is 0 Å². The Balaban J connectivity index is 1.97. The van der Waals surface area contributed by atoms with Crippen molar-refractivity contribution in [2.24, 2.45) is 7.05 Å². The van der Waals surface area contributed by atoms with E-state index in [4.69, 9.17) is 4.74 Å². The van der Waals surface area contributed by atoms with E-state index < -0.39 is 11.2 Å². The first-order valence-corrected chi connectivity index (χ1v) is 6.24. The number of imidazole rings is 1. The molecule has 3 heterocycles. The Morgan fingerprint density at radius 1 is 1.32 bits per heavy atom. The Morgan fingerprint density at radius 2 is 2.05 bits per heavy atom. The van der Waals surface area contributed by atoms with Gasteiger partial charge in [0.2, 0.25) is 0 Å². The summed E-state index contributed by atoms with van der Waals surface area (Å²) >= 11 is 0. The van der Waals surface area contributed by atoms with E-state index in [0.29, 0.717) is 17.7 Å². The van der Waals surface area contributed by atoms with E-state index in [9.17, 15) is 9.59 Å². The quantitative estimate of drug-likeness (QED) is 0.554. The number of aromatic amines is 2. The molecule has 1 saturated heterocycles. The molecule has 0 unspecified atom stereocenters. The summed E-state index contributed by atoms with van der Waals surface area (Å²) in [5, 5.41) is 0. The van der Waals surface area contributed by atoms with Crippen LogP contribution in [0.3, 0.4) is 0 Å². The number of morpholine rings is 1. The molecular weight excluding hydrogens is 250 g/mol. The highest BCUT2D eigenvalue weighted by Gasteiger charge is 2.18. The van der Waals surface area contributed by atoms with Gasteiger partial charge in [-0.25, -0.2) is 9.78 Å².